The normalized spacial score (nSPS) is 21.2. The lowest BCUT2D eigenvalue weighted by Gasteiger charge is -2.31. The number of rotatable bonds is 4. The van der Waals surface area contributed by atoms with Gasteiger partial charge in [0.25, 0.3) is 5.91 Å². The number of hydrogen-bond donors (Lipinski definition) is 2. The van der Waals surface area contributed by atoms with E-state index in [0.717, 1.165) is 19.3 Å². The van der Waals surface area contributed by atoms with Gasteiger partial charge in [-0.1, -0.05) is 12.8 Å². The molecule has 1 fully saturated rings. The Bertz CT molecular complexity index is 565. The molecule has 0 spiro atoms. The fourth-order valence-corrected chi connectivity index (χ4v) is 3.68. The first-order valence-corrected chi connectivity index (χ1v) is 8.71. The smallest absolute Gasteiger partial charge is 0.251 e. The predicted octanol–water partition coefficient (Wildman–Crippen LogP) is 3.19. The number of benzene rings is 1. The lowest BCUT2D eigenvalue weighted by atomic mass is 9.94. The van der Waals surface area contributed by atoms with Crippen LogP contribution in [0, 0.1) is 5.82 Å². The van der Waals surface area contributed by atoms with Gasteiger partial charge in [-0.2, -0.15) is 11.8 Å². The Morgan fingerprint density at radius 1 is 1.27 bits per heavy atom. The van der Waals surface area contributed by atoms with Gasteiger partial charge in [0, 0.05) is 23.8 Å². The SMILES string of the molecule is CS[C@@H]1CCCC[C@@H]1NC(=O)c1ccc(F)c(NC(C)=O)c1. The van der Waals surface area contributed by atoms with Gasteiger partial charge in [0.15, 0.2) is 0 Å². The molecular formula is C16H21FN2O2S. The summed E-state index contributed by atoms with van der Waals surface area (Å²) in [5, 5.41) is 5.86. The van der Waals surface area contributed by atoms with Gasteiger partial charge < -0.3 is 10.6 Å². The number of thioether (sulfide) groups is 1. The maximum Gasteiger partial charge on any atom is 0.251 e. The van der Waals surface area contributed by atoms with Crippen molar-refractivity contribution in [2.45, 2.75) is 43.9 Å². The second-order valence-electron chi connectivity index (χ2n) is 5.51. The van der Waals surface area contributed by atoms with Gasteiger partial charge in [-0.25, -0.2) is 4.39 Å². The van der Waals surface area contributed by atoms with E-state index in [1.165, 1.54) is 31.5 Å². The monoisotopic (exact) mass is 324 g/mol. The highest BCUT2D eigenvalue weighted by Crippen LogP contribution is 2.27. The molecule has 1 saturated carbocycles. The Labute approximate surface area is 134 Å². The van der Waals surface area contributed by atoms with Crippen molar-refractivity contribution in [3.05, 3.63) is 29.6 Å². The first kappa shape index (κ1) is 16.8. The zero-order chi connectivity index (χ0) is 16.1. The predicted molar refractivity (Wildman–Crippen MR) is 87.7 cm³/mol. The third kappa shape index (κ3) is 4.22. The lowest BCUT2D eigenvalue weighted by Crippen LogP contribution is -2.43. The molecular weight excluding hydrogens is 303 g/mol. The van der Waals surface area contributed by atoms with Crippen molar-refractivity contribution in [2.24, 2.45) is 0 Å². The molecule has 2 atom stereocenters. The summed E-state index contributed by atoms with van der Waals surface area (Å²) in [5.74, 6) is -1.14. The van der Waals surface area contributed by atoms with E-state index in [1.54, 1.807) is 11.8 Å². The maximum absolute atomic E-state index is 13.6. The molecule has 6 heteroatoms. The van der Waals surface area contributed by atoms with Crippen LogP contribution in [0.25, 0.3) is 0 Å². The fourth-order valence-electron chi connectivity index (χ4n) is 2.75. The summed E-state index contributed by atoms with van der Waals surface area (Å²) in [7, 11) is 0. The van der Waals surface area contributed by atoms with E-state index in [9.17, 15) is 14.0 Å². The standard InChI is InChI=1S/C16H21FN2O2S/c1-10(20)18-14-9-11(7-8-12(14)17)16(21)19-13-5-3-4-6-15(13)22-2/h7-9,13,15H,3-6H2,1-2H3,(H,18,20)(H,19,21)/t13-,15+/m0/s1. The number of anilines is 1. The maximum atomic E-state index is 13.6. The van der Waals surface area contributed by atoms with Gasteiger partial charge >= 0.3 is 0 Å². The zero-order valence-electron chi connectivity index (χ0n) is 12.8. The molecule has 1 aliphatic rings. The van der Waals surface area contributed by atoms with Crippen molar-refractivity contribution in [1.29, 1.82) is 0 Å². The molecule has 4 nitrogen and oxygen atoms in total. The van der Waals surface area contributed by atoms with E-state index in [1.807, 2.05) is 0 Å². The van der Waals surface area contributed by atoms with Crippen LogP contribution in [0.15, 0.2) is 18.2 Å². The van der Waals surface area contributed by atoms with Crippen LogP contribution in [0.1, 0.15) is 43.0 Å². The minimum atomic E-state index is -0.550. The number of halogens is 1. The van der Waals surface area contributed by atoms with Gasteiger partial charge in [-0.05, 0) is 37.3 Å². The quantitative estimate of drug-likeness (QED) is 0.894. The van der Waals surface area contributed by atoms with E-state index < -0.39 is 5.82 Å². The van der Waals surface area contributed by atoms with Crippen molar-refractivity contribution in [3.8, 4) is 0 Å². The molecule has 1 aromatic carbocycles. The van der Waals surface area contributed by atoms with Crippen LogP contribution in [0.3, 0.4) is 0 Å². The van der Waals surface area contributed by atoms with E-state index in [4.69, 9.17) is 0 Å². The number of hydrogen-bond acceptors (Lipinski definition) is 3. The summed E-state index contributed by atoms with van der Waals surface area (Å²) in [6.45, 7) is 1.30. The van der Waals surface area contributed by atoms with Crippen molar-refractivity contribution in [2.75, 3.05) is 11.6 Å². The third-order valence-electron chi connectivity index (χ3n) is 3.86. The number of carbonyl (C=O) groups excluding carboxylic acids is 2. The molecule has 0 aromatic heterocycles. The average molecular weight is 324 g/mol. The van der Waals surface area contributed by atoms with Crippen molar-refractivity contribution in [1.82, 2.24) is 5.32 Å². The molecule has 0 aliphatic heterocycles. The second-order valence-corrected chi connectivity index (χ2v) is 6.59. The van der Waals surface area contributed by atoms with Crippen LogP contribution in [0.2, 0.25) is 0 Å². The Kier molecular flexibility index (Phi) is 5.83. The molecule has 2 rings (SSSR count). The van der Waals surface area contributed by atoms with Gasteiger partial charge in [0.2, 0.25) is 5.91 Å². The Balaban J connectivity index is 2.10. The fraction of sp³-hybridized carbons (Fsp3) is 0.500. The van der Waals surface area contributed by atoms with Crippen LogP contribution in [-0.4, -0.2) is 29.4 Å². The molecule has 1 aromatic rings. The van der Waals surface area contributed by atoms with Crippen LogP contribution in [0.4, 0.5) is 10.1 Å². The van der Waals surface area contributed by atoms with Gasteiger partial charge in [0.1, 0.15) is 5.82 Å². The zero-order valence-corrected chi connectivity index (χ0v) is 13.6. The Morgan fingerprint density at radius 2 is 2.00 bits per heavy atom. The molecule has 0 saturated heterocycles. The van der Waals surface area contributed by atoms with E-state index in [-0.39, 0.29) is 23.5 Å². The Hall–Kier alpha value is -1.56. The molecule has 2 amide bonds. The van der Waals surface area contributed by atoms with Crippen LogP contribution >= 0.6 is 11.8 Å². The van der Waals surface area contributed by atoms with Gasteiger partial charge in [0.05, 0.1) is 5.69 Å². The highest BCUT2D eigenvalue weighted by Gasteiger charge is 2.26. The largest absolute Gasteiger partial charge is 0.348 e. The molecule has 0 unspecified atom stereocenters. The topological polar surface area (TPSA) is 58.2 Å². The van der Waals surface area contributed by atoms with E-state index in [0.29, 0.717) is 10.8 Å². The molecule has 120 valence electrons. The van der Waals surface area contributed by atoms with Crippen molar-refractivity contribution < 1.29 is 14.0 Å². The van der Waals surface area contributed by atoms with Crippen LogP contribution in [0.5, 0.6) is 0 Å². The molecule has 0 bridgehead atoms. The molecule has 0 heterocycles. The molecule has 1 aliphatic carbocycles. The number of carbonyl (C=O) groups is 2. The second kappa shape index (κ2) is 7.63. The summed E-state index contributed by atoms with van der Waals surface area (Å²) in [6, 6.07) is 4.16. The third-order valence-corrected chi connectivity index (χ3v) is 5.03. The minimum Gasteiger partial charge on any atom is -0.348 e. The molecule has 22 heavy (non-hydrogen) atoms. The lowest BCUT2D eigenvalue weighted by molar-refractivity contribution is -0.114. The summed E-state index contributed by atoms with van der Waals surface area (Å²) in [4.78, 5) is 23.4. The first-order valence-electron chi connectivity index (χ1n) is 7.42. The number of nitrogens with one attached hydrogen (secondary N) is 2. The summed E-state index contributed by atoms with van der Waals surface area (Å²) in [6.07, 6.45) is 6.44. The van der Waals surface area contributed by atoms with Crippen LogP contribution in [-0.2, 0) is 4.79 Å². The van der Waals surface area contributed by atoms with E-state index in [2.05, 4.69) is 16.9 Å². The average Bonchev–Trinajstić information content (AvgIpc) is 2.49. The Morgan fingerprint density at radius 3 is 2.68 bits per heavy atom. The highest BCUT2D eigenvalue weighted by atomic mass is 32.2. The summed E-state index contributed by atoms with van der Waals surface area (Å²) in [5.41, 5.74) is 0.390. The van der Waals surface area contributed by atoms with E-state index >= 15 is 0 Å². The molecule has 2 N–H and O–H groups in total. The van der Waals surface area contributed by atoms with Gasteiger partial charge in [-0.15, -0.1) is 0 Å². The molecule has 0 radical (unpaired) electrons. The first-order chi connectivity index (χ1) is 10.5. The highest BCUT2D eigenvalue weighted by molar-refractivity contribution is 7.99. The van der Waals surface area contributed by atoms with Gasteiger partial charge in [-0.3, -0.25) is 9.59 Å². The number of amides is 2. The summed E-state index contributed by atoms with van der Waals surface area (Å²) < 4.78 is 13.6. The van der Waals surface area contributed by atoms with Crippen LogP contribution < -0.4 is 10.6 Å². The summed E-state index contributed by atoms with van der Waals surface area (Å²) >= 11 is 1.77. The van der Waals surface area contributed by atoms with Crippen molar-refractivity contribution in [3.63, 3.8) is 0 Å². The minimum absolute atomic E-state index is 0.0326. The van der Waals surface area contributed by atoms with Crippen molar-refractivity contribution >= 4 is 29.3 Å².